The predicted octanol–water partition coefficient (Wildman–Crippen LogP) is 2.22. The molecule has 0 unspecified atom stereocenters. The van der Waals surface area contributed by atoms with E-state index in [0.29, 0.717) is 0 Å². The van der Waals surface area contributed by atoms with Crippen LogP contribution in [0.25, 0.3) is 0 Å². The molecule has 1 aliphatic heterocycles. The Balaban J connectivity index is 2.46. The summed E-state index contributed by atoms with van der Waals surface area (Å²) in [5.74, 6) is 0. The van der Waals surface area contributed by atoms with Crippen LogP contribution >= 0.6 is 7.26 Å². The molecular formula is C7H14P+. The van der Waals surface area contributed by atoms with Gasteiger partial charge in [-0.25, -0.2) is 0 Å². The molecule has 1 heterocycles. The van der Waals surface area contributed by atoms with Gasteiger partial charge in [-0.05, 0) is 19.1 Å². The highest BCUT2D eigenvalue weighted by Gasteiger charge is 2.29. The van der Waals surface area contributed by atoms with E-state index in [2.05, 4.69) is 25.7 Å². The lowest BCUT2D eigenvalue weighted by atomic mass is 10.6. The van der Waals surface area contributed by atoms with E-state index in [4.69, 9.17) is 0 Å². The van der Waals surface area contributed by atoms with E-state index in [-0.39, 0.29) is 0 Å². The number of allylic oxidation sites excluding steroid dienone is 2. The summed E-state index contributed by atoms with van der Waals surface area (Å²) in [4.78, 5) is 0. The molecule has 1 heteroatoms. The van der Waals surface area contributed by atoms with Gasteiger partial charge in [0.25, 0.3) is 0 Å². The number of hydrogen-bond acceptors (Lipinski definition) is 0. The van der Waals surface area contributed by atoms with Gasteiger partial charge in [-0.1, -0.05) is 0 Å². The molecule has 0 bridgehead atoms. The van der Waals surface area contributed by atoms with Crippen molar-refractivity contribution >= 4 is 7.26 Å². The van der Waals surface area contributed by atoms with E-state index in [1.165, 1.54) is 18.5 Å². The van der Waals surface area contributed by atoms with Crippen LogP contribution in [0.3, 0.4) is 0 Å². The van der Waals surface area contributed by atoms with E-state index in [9.17, 15) is 0 Å². The first-order valence-corrected chi connectivity index (χ1v) is 6.04. The molecule has 0 fully saturated rings. The van der Waals surface area contributed by atoms with Gasteiger partial charge in [-0.2, -0.15) is 0 Å². The summed E-state index contributed by atoms with van der Waals surface area (Å²) in [6, 6.07) is 0. The highest BCUT2D eigenvalue weighted by atomic mass is 31.2. The van der Waals surface area contributed by atoms with Crippen LogP contribution in [0.2, 0.25) is 0 Å². The molecule has 1 rings (SSSR count). The van der Waals surface area contributed by atoms with Gasteiger partial charge >= 0.3 is 0 Å². The third-order valence-corrected chi connectivity index (χ3v) is 5.73. The first kappa shape index (κ1) is 6.29. The molecule has 0 spiro atoms. The Morgan fingerprint density at radius 3 is 2.12 bits per heavy atom. The van der Waals surface area contributed by atoms with Gasteiger partial charge in [0.15, 0.2) is 0 Å². The molecule has 46 valence electrons. The molecule has 0 saturated carbocycles. The van der Waals surface area contributed by atoms with Gasteiger partial charge in [0.05, 0.1) is 18.5 Å². The third-order valence-electron chi connectivity index (χ3n) is 2.02. The molecule has 0 aromatic rings. The highest BCUT2D eigenvalue weighted by Crippen LogP contribution is 2.57. The van der Waals surface area contributed by atoms with Crippen molar-refractivity contribution in [3.8, 4) is 0 Å². The molecule has 0 amide bonds. The average Bonchev–Trinajstić information content (AvgIpc) is 2.17. The maximum Gasteiger partial charge on any atom is 0.0775 e. The Kier molecular flexibility index (Phi) is 1.72. The Hall–Kier alpha value is 0.170. The second-order valence-electron chi connectivity index (χ2n) is 2.77. The monoisotopic (exact) mass is 129 g/mol. The molecular weight excluding hydrogens is 115 g/mol. The summed E-state index contributed by atoms with van der Waals surface area (Å²) in [6.45, 7) is 4.79. The molecule has 8 heavy (non-hydrogen) atoms. The minimum absolute atomic E-state index is 0.412. The van der Waals surface area contributed by atoms with Gasteiger partial charge in [0, 0.05) is 13.9 Å². The lowest BCUT2D eigenvalue weighted by Crippen LogP contribution is -1.94. The molecule has 0 saturated heterocycles. The van der Waals surface area contributed by atoms with Gasteiger partial charge in [0.2, 0.25) is 0 Å². The van der Waals surface area contributed by atoms with Crippen LogP contribution in [0, 0.1) is 0 Å². The topological polar surface area (TPSA) is 0 Å². The standard InChI is InChI=1S/C7H14P/c1-3-8(2)6-4-5-7-8/h4-5H,3,6-7H2,1-2H3/q+1. The minimum Gasteiger partial charge on any atom is -0.0481 e. The van der Waals surface area contributed by atoms with Crippen LogP contribution < -0.4 is 0 Å². The van der Waals surface area contributed by atoms with Crippen LogP contribution in [0.15, 0.2) is 12.2 Å². The first-order chi connectivity index (χ1) is 3.77. The van der Waals surface area contributed by atoms with Crippen molar-refractivity contribution in [1.82, 2.24) is 0 Å². The molecule has 0 aromatic carbocycles. The normalized spacial score (nSPS) is 24.2. The Morgan fingerprint density at radius 1 is 1.38 bits per heavy atom. The predicted molar refractivity (Wildman–Crippen MR) is 42.3 cm³/mol. The van der Waals surface area contributed by atoms with Crippen molar-refractivity contribution in [3.05, 3.63) is 12.2 Å². The maximum absolute atomic E-state index is 2.47. The largest absolute Gasteiger partial charge is 0.0775 e. The minimum atomic E-state index is -0.412. The fraction of sp³-hybridized carbons (Fsp3) is 0.714. The lowest BCUT2D eigenvalue weighted by molar-refractivity contribution is 1.44. The van der Waals surface area contributed by atoms with Crippen molar-refractivity contribution in [3.63, 3.8) is 0 Å². The third kappa shape index (κ3) is 1.11. The Labute approximate surface area is 52.3 Å². The van der Waals surface area contributed by atoms with Crippen LogP contribution in [0.4, 0.5) is 0 Å². The van der Waals surface area contributed by atoms with E-state index in [1.807, 2.05) is 0 Å². The van der Waals surface area contributed by atoms with Gasteiger partial charge in [-0.3, -0.25) is 0 Å². The van der Waals surface area contributed by atoms with E-state index in [1.54, 1.807) is 0 Å². The van der Waals surface area contributed by atoms with E-state index >= 15 is 0 Å². The molecule has 1 aliphatic rings. The SMILES string of the molecule is CC[P+]1(C)CC=CC1. The number of hydrogen-bond donors (Lipinski definition) is 0. The Bertz CT molecular complexity index is 97.0. The zero-order valence-electron chi connectivity index (χ0n) is 5.72. The van der Waals surface area contributed by atoms with E-state index < -0.39 is 7.26 Å². The Morgan fingerprint density at radius 2 is 1.88 bits per heavy atom. The zero-order valence-corrected chi connectivity index (χ0v) is 6.62. The van der Waals surface area contributed by atoms with E-state index in [0.717, 1.165) is 0 Å². The molecule has 0 nitrogen and oxygen atoms in total. The van der Waals surface area contributed by atoms with Crippen molar-refractivity contribution in [1.29, 1.82) is 0 Å². The van der Waals surface area contributed by atoms with Crippen LogP contribution in [-0.2, 0) is 0 Å². The highest BCUT2D eigenvalue weighted by molar-refractivity contribution is 7.75. The van der Waals surface area contributed by atoms with Crippen LogP contribution in [0.1, 0.15) is 6.92 Å². The summed E-state index contributed by atoms with van der Waals surface area (Å²) in [5.41, 5.74) is 0. The van der Waals surface area contributed by atoms with Crippen molar-refractivity contribution < 1.29 is 0 Å². The molecule has 0 aliphatic carbocycles. The van der Waals surface area contributed by atoms with Crippen molar-refractivity contribution in [2.45, 2.75) is 6.92 Å². The first-order valence-electron chi connectivity index (χ1n) is 3.25. The quantitative estimate of drug-likeness (QED) is 0.376. The van der Waals surface area contributed by atoms with Gasteiger partial charge < -0.3 is 0 Å². The average molecular weight is 129 g/mol. The molecule has 0 radical (unpaired) electrons. The van der Waals surface area contributed by atoms with Crippen molar-refractivity contribution in [2.24, 2.45) is 0 Å². The van der Waals surface area contributed by atoms with Gasteiger partial charge in [0.1, 0.15) is 0 Å². The number of rotatable bonds is 1. The van der Waals surface area contributed by atoms with Gasteiger partial charge in [-0.15, -0.1) is 0 Å². The lowest BCUT2D eigenvalue weighted by Gasteiger charge is -2.12. The maximum atomic E-state index is 2.47. The molecule has 0 N–H and O–H groups in total. The summed E-state index contributed by atoms with van der Waals surface area (Å²) >= 11 is 0. The zero-order chi connectivity index (χ0) is 6.04. The second kappa shape index (κ2) is 2.19. The summed E-state index contributed by atoms with van der Waals surface area (Å²) in [7, 11) is -0.412. The molecule has 0 aromatic heterocycles. The fourth-order valence-electron chi connectivity index (χ4n) is 0.991. The fourth-order valence-corrected chi connectivity index (χ4v) is 2.97. The summed E-state index contributed by atoms with van der Waals surface area (Å²) in [6.07, 6.45) is 8.93. The van der Waals surface area contributed by atoms with Crippen LogP contribution in [0.5, 0.6) is 0 Å². The molecule has 0 atom stereocenters. The summed E-state index contributed by atoms with van der Waals surface area (Å²) in [5, 5.41) is 0. The van der Waals surface area contributed by atoms with Crippen LogP contribution in [-0.4, -0.2) is 25.2 Å². The second-order valence-corrected chi connectivity index (χ2v) is 7.37. The summed E-state index contributed by atoms with van der Waals surface area (Å²) < 4.78 is 0. The smallest absolute Gasteiger partial charge is 0.0481 e. The van der Waals surface area contributed by atoms with Crippen molar-refractivity contribution in [2.75, 3.05) is 25.2 Å².